The molecule has 4 rings (SSSR count). The molecule has 6 heteroatoms. The smallest absolute Gasteiger partial charge is 0.319 e. The van der Waals surface area contributed by atoms with E-state index in [1.165, 1.54) is 10.4 Å². The first-order chi connectivity index (χ1) is 18.9. The minimum Gasteiger partial charge on any atom is -0.537 e. The van der Waals surface area contributed by atoms with E-state index >= 15 is 0 Å². The monoisotopic (exact) mass is 573 g/mol. The fraction of sp³-hybridized carbons (Fsp3) is 0.353. The van der Waals surface area contributed by atoms with Crippen molar-refractivity contribution in [3.8, 4) is 0 Å². The molecule has 1 aliphatic heterocycles. The summed E-state index contributed by atoms with van der Waals surface area (Å²) in [5.41, 5.74) is 3.03. The molecule has 40 heavy (non-hydrogen) atoms. The number of hydrogen-bond donors (Lipinski definition) is 0. The van der Waals surface area contributed by atoms with Gasteiger partial charge in [-0.1, -0.05) is 118 Å². The molecule has 0 spiro atoms. The van der Waals surface area contributed by atoms with Crippen LogP contribution in [-0.2, 0) is 14.4 Å². The number of benzene rings is 3. The molecule has 0 N–H and O–H groups in total. The molecule has 0 radical (unpaired) electrons. The first kappa shape index (κ1) is 30.0. The van der Waals surface area contributed by atoms with Crippen molar-refractivity contribution < 1.29 is 12.8 Å². The van der Waals surface area contributed by atoms with Gasteiger partial charge in [-0.2, -0.15) is 4.31 Å². The fourth-order valence-electron chi connectivity index (χ4n) is 5.67. The van der Waals surface area contributed by atoms with E-state index < -0.39 is 18.3 Å². The Morgan fingerprint density at radius 2 is 1.48 bits per heavy atom. The van der Waals surface area contributed by atoms with Gasteiger partial charge in [0.05, 0.1) is 10.7 Å². The van der Waals surface area contributed by atoms with Crippen molar-refractivity contribution in [1.29, 1.82) is 0 Å². The minimum absolute atomic E-state index is 0.0579. The lowest BCUT2D eigenvalue weighted by atomic mass is 9.96. The first-order valence-electron chi connectivity index (χ1n) is 14.1. The molecule has 0 bridgehead atoms. The van der Waals surface area contributed by atoms with Crippen LogP contribution >= 0.6 is 0 Å². The summed E-state index contributed by atoms with van der Waals surface area (Å²) in [6, 6.07) is 28.3. The van der Waals surface area contributed by atoms with Crippen LogP contribution in [0.15, 0.2) is 113 Å². The van der Waals surface area contributed by atoms with Gasteiger partial charge in [0, 0.05) is 25.4 Å². The van der Waals surface area contributed by atoms with Gasteiger partial charge in [0.15, 0.2) is 0 Å². The van der Waals surface area contributed by atoms with Crippen LogP contribution in [0.25, 0.3) is 0 Å². The van der Waals surface area contributed by atoms with Gasteiger partial charge in [-0.3, -0.25) is 0 Å². The Labute approximate surface area is 242 Å². The van der Waals surface area contributed by atoms with E-state index in [-0.39, 0.29) is 11.0 Å². The molecule has 4 nitrogen and oxygen atoms in total. The molecule has 0 unspecified atom stereocenters. The van der Waals surface area contributed by atoms with Gasteiger partial charge in [0.25, 0.3) is 0 Å². The molecule has 1 atom stereocenters. The average Bonchev–Trinajstić information content (AvgIpc) is 3.12. The zero-order valence-electron chi connectivity index (χ0n) is 24.8. The average molecular weight is 574 g/mol. The molecule has 0 aromatic heterocycles. The summed E-state index contributed by atoms with van der Waals surface area (Å²) >= 11 is 0. The van der Waals surface area contributed by atoms with Crippen LogP contribution in [0, 0.1) is 12.8 Å². The summed E-state index contributed by atoms with van der Waals surface area (Å²) in [6.45, 7) is 17.8. The highest BCUT2D eigenvalue weighted by Gasteiger charge is 2.53. The van der Waals surface area contributed by atoms with Gasteiger partial charge >= 0.3 is 8.32 Å². The van der Waals surface area contributed by atoms with Crippen LogP contribution in [0.5, 0.6) is 0 Å². The summed E-state index contributed by atoms with van der Waals surface area (Å²) in [5, 5.41) is 2.22. The van der Waals surface area contributed by atoms with E-state index in [4.69, 9.17) is 4.43 Å². The van der Waals surface area contributed by atoms with Crippen molar-refractivity contribution in [2.45, 2.75) is 64.3 Å². The topological polar surface area (TPSA) is 46.6 Å². The second-order valence-corrected chi connectivity index (χ2v) is 18.2. The van der Waals surface area contributed by atoms with E-state index in [0.717, 1.165) is 22.5 Å². The maximum Gasteiger partial charge on any atom is 0.319 e. The molecule has 0 aliphatic carbocycles. The summed E-state index contributed by atoms with van der Waals surface area (Å²) in [7, 11) is -6.57. The molecule has 3 aromatic rings. The molecule has 1 aliphatic rings. The van der Waals surface area contributed by atoms with Crippen LogP contribution in [0.2, 0.25) is 5.04 Å². The number of rotatable bonds is 8. The third-order valence-electron chi connectivity index (χ3n) is 8.09. The third kappa shape index (κ3) is 5.90. The standard InChI is InChI=1S/C34H43NO3SSi/c1-8-28-24-35(39(36,37)30-21-19-27(4)20-22-30)25-29(26(2)3)23-33(28)38-40(34(5,6)7,31-15-11-9-12-16-31)32-17-13-10-14-18-32/h9-22,29H,2,8,23-25H2,1,3-7H3/t29-/m1/s1. The molecular formula is C34H43NO3SSi. The zero-order valence-corrected chi connectivity index (χ0v) is 26.6. The molecule has 0 saturated carbocycles. The van der Waals surface area contributed by atoms with E-state index in [2.05, 4.69) is 82.8 Å². The van der Waals surface area contributed by atoms with Gasteiger partial charge < -0.3 is 4.43 Å². The summed E-state index contributed by atoms with van der Waals surface area (Å²) in [6.07, 6.45) is 1.33. The van der Waals surface area contributed by atoms with Gasteiger partial charge in [-0.15, -0.1) is 0 Å². The molecule has 0 amide bonds. The SMILES string of the molecule is C=C(C)[C@@H]1CC(O[Si](c2ccccc2)(c2ccccc2)C(C)(C)C)=C(CC)CN(S(=O)(=O)c2ccc(C)cc2)C1. The Morgan fingerprint density at radius 3 is 1.93 bits per heavy atom. The number of sulfonamides is 1. The van der Waals surface area contributed by atoms with Crippen LogP contribution < -0.4 is 10.4 Å². The molecule has 3 aromatic carbocycles. The minimum atomic E-state index is -3.70. The van der Waals surface area contributed by atoms with E-state index in [1.54, 1.807) is 16.4 Å². The van der Waals surface area contributed by atoms with Crippen molar-refractivity contribution >= 4 is 28.7 Å². The second kappa shape index (κ2) is 11.9. The van der Waals surface area contributed by atoms with Gasteiger partial charge in [0.2, 0.25) is 10.0 Å². The van der Waals surface area contributed by atoms with Gasteiger partial charge in [0.1, 0.15) is 0 Å². The maximum absolute atomic E-state index is 13.9. The molecule has 0 fully saturated rings. The van der Waals surface area contributed by atoms with Crippen LogP contribution in [0.4, 0.5) is 0 Å². The van der Waals surface area contributed by atoms with Crippen molar-refractivity contribution in [2.75, 3.05) is 13.1 Å². The number of hydrogen-bond acceptors (Lipinski definition) is 3. The van der Waals surface area contributed by atoms with Crippen molar-refractivity contribution in [1.82, 2.24) is 4.31 Å². The van der Waals surface area contributed by atoms with Crippen molar-refractivity contribution in [2.24, 2.45) is 5.92 Å². The van der Waals surface area contributed by atoms with Crippen LogP contribution in [-0.4, -0.2) is 34.1 Å². The number of nitrogens with zero attached hydrogens (tertiary/aromatic N) is 1. The molecule has 1 heterocycles. The Hall–Kier alpha value is -2.93. The Bertz CT molecular complexity index is 1420. The predicted molar refractivity (Wildman–Crippen MR) is 169 cm³/mol. The lowest BCUT2D eigenvalue weighted by Gasteiger charge is -2.44. The maximum atomic E-state index is 13.9. The number of aryl methyl sites for hydroxylation is 1. The van der Waals surface area contributed by atoms with E-state index in [0.29, 0.717) is 30.8 Å². The lowest BCUT2D eigenvalue weighted by molar-refractivity contribution is 0.348. The second-order valence-electron chi connectivity index (χ2n) is 12.0. The summed E-state index contributed by atoms with van der Waals surface area (Å²) in [4.78, 5) is 0.324. The van der Waals surface area contributed by atoms with Gasteiger partial charge in [-0.05, 0) is 53.4 Å². The van der Waals surface area contributed by atoms with Crippen molar-refractivity contribution in [3.05, 3.63) is 114 Å². The number of allylic oxidation sites excluding steroid dienone is 1. The Kier molecular flexibility index (Phi) is 8.93. The molecule has 212 valence electrons. The largest absolute Gasteiger partial charge is 0.537 e. The highest BCUT2D eigenvalue weighted by Crippen LogP contribution is 2.41. The summed E-state index contributed by atoms with van der Waals surface area (Å²) < 4.78 is 37.0. The van der Waals surface area contributed by atoms with E-state index in [1.807, 2.05) is 38.1 Å². The van der Waals surface area contributed by atoms with E-state index in [9.17, 15) is 8.42 Å². The quantitative estimate of drug-likeness (QED) is 0.219. The Balaban J connectivity index is 1.89. The summed E-state index contributed by atoms with van der Waals surface area (Å²) in [5.74, 6) is 0.865. The van der Waals surface area contributed by atoms with Gasteiger partial charge in [-0.25, -0.2) is 8.42 Å². The zero-order chi connectivity index (χ0) is 29.1. The molecule has 0 saturated heterocycles. The first-order valence-corrected chi connectivity index (χ1v) is 17.5. The van der Waals surface area contributed by atoms with Crippen molar-refractivity contribution in [3.63, 3.8) is 0 Å². The molecular weight excluding hydrogens is 531 g/mol. The highest BCUT2D eigenvalue weighted by molar-refractivity contribution is 7.89. The lowest BCUT2D eigenvalue weighted by Crippen LogP contribution is -2.66. The van der Waals surface area contributed by atoms with Crippen LogP contribution in [0.3, 0.4) is 0 Å². The third-order valence-corrected chi connectivity index (χ3v) is 14.9. The van der Waals surface area contributed by atoms with Crippen LogP contribution in [0.1, 0.15) is 53.0 Å². The normalized spacial score (nSPS) is 17.4. The highest BCUT2D eigenvalue weighted by atomic mass is 32.2. The predicted octanol–water partition coefficient (Wildman–Crippen LogP) is 6.82. The fourth-order valence-corrected chi connectivity index (χ4v) is 11.7. The Morgan fingerprint density at radius 1 is 0.950 bits per heavy atom.